The van der Waals surface area contributed by atoms with E-state index in [0.717, 1.165) is 16.5 Å². The molecule has 1 aromatic carbocycles. The largest absolute Gasteiger partial charge is 0.464 e. The van der Waals surface area contributed by atoms with Crippen LogP contribution < -0.4 is 10.6 Å². The Kier molecular flexibility index (Phi) is 8.03. The van der Waals surface area contributed by atoms with Gasteiger partial charge in [-0.05, 0) is 44.9 Å². The first-order valence-electron chi connectivity index (χ1n) is 12.6. The number of para-hydroxylation sites is 1. The van der Waals surface area contributed by atoms with Crippen LogP contribution in [0.25, 0.3) is 21.9 Å². The number of aromatic nitrogens is 3. The smallest absolute Gasteiger partial charge is 0.356 e. The van der Waals surface area contributed by atoms with Gasteiger partial charge in [0.1, 0.15) is 5.65 Å². The summed E-state index contributed by atoms with van der Waals surface area (Å²) in [5.41, 5.74) is 2.88. The van der Waals surface area contributed by atoms with E-state index in [1.807, 2.05) is 37.4 Å². The Morgan fingerprint density at radius 3 is 2.68 bits per heavy atom. The number of hydrogen-bond donors (Lipinski definition) is 4. The number of nitrogens with one attached hydrogen (secondary N) is 3. The normalized spacial score (nSPS) is 12.6. The van der Waals surface area contributed by atoms with Gasteiger partial charge >= 0.3 is 5.97 Å². The van der Waals surface area contributed by atoms with E-state index in [1.165, 1.54) is 14.2 Å². The lowest BCUT2D eigenvalue weighted by molar-refractivity contribution is -0.117. The van der Waals surface area contributed by atoms with Crippen molar-refractivity contribution in [3.05, 3.63) is 54.0 Å². The Balaban J connectivity index is 1.80. The molecule has 10 heteroatoms. The van der Waals surface area contributed by atoms with Crippen LogP contribution in [-0.2, 0) is 27.2 Å². The number of H-pyrrole nitrogens is 1. The summed E-state index contributed by atoms with van der Waals surface area (Å²) in [7, 11) is 2.83. The number of nitrogens with zero attached hydrogens (tertiary/aromatic N) is 2. The van der Waals surface area contributed by atoms with Crippen LogP contribution in [0.5, 0.6) is 0 Å². The molecule has 0 aliphatic rings. The summed E-state index contributed by atoms with van der Waals surface area (Å²) >= 11 is 0. The van der Waals surface area contributed by atoms with Crippen LogP contribution in [0.3, 0.4) is 0 Å². The van der Waals surface area contributed by atoms with E-state index >= 15 is 0 Å². The van der Waals surface area contributed by atoms with Crippen molar-refractivity contribution in [2.45, 2.75) is 51.8 Å². The number of benzene rings is 1. The molecule has 0 saturated heterocycles. The summed E-state index contributed by atoms with van der Waals surface area (Å²) in [6.07, 6.45) is 4.37. The van der Waals surface area contributed by atoms with Crippen molar-refractivity contribution in [3.63, 3.8) is 0 Å². The zero-order valence-corrected chi connectivity index (χ0v) is 22.4. The van der Waals surface area contributed by atoms with Gasteiger partial charge in [-0.3, -0.25) is 4.79 Å². The number of amides is 1. The van der Waals surface area contributed by atoms with E-state index in [4.69, 9.17) is 9.47 Å². The van der Waals surface area contributed by atoms with Crippen molar-refractivity contribution in [1.29, 1.82) is 0 Å². The van der Waals surface area contributed by atoms with E-state index in [-0.39, 0.29) is 30.7 Å². The van der Waals surface area contributed by atoms with Crippen molar-refractivity contribution < 1.29 is 24.2 Å². The van der Waals surface area contributed by atoms with Gasteiger partial charge in [0.2, 0.25) is 5.91 Å². The van der Waals surface area contributed by atoms with Gasteiger partial charge in [0.25, 0.3) is 0 Å². The second-order valence-electron chi connectivity index (χ2n) is 9.88. The molecule has 3 aromatic heterocycles. The van der Waals surface area contributed by atoms with Gasteiger partial charge in [0, 0.05) is 36.1 Å². The Labute approximate surface area is 221 Å². The summed E-state index contributed by atoms with van der Waals surface area (Å²) < 4.78 is 12.0. The SMILES string of the molecule is COCCC(=O)Nc1c(C(=O)OC)n(CCc2c[nH]c3ccccc23)c2ncc(N[C@@H](C)C(C)(C)O)cc12. The Hall–Kier alpha value is -3.89. The van der Waals surface area contributed by atoms with Crippen LogP contribution >= 0.6 is 0 Å². The van der Waals surface area contributed by atoms with Crippen LogP contribution in [0.4, 0.5) is 11.4 Å². The first kappa shape index (κ1) is 27.2. The fraction of sp³-hybridized carbons (Fsp3) is 0.393. The molecule has 0 spiro atoms. The third-order valence-electron chi connectivity index (χ3n) is 6.80. The number of fused-ring (bicyclic) bond motifs is 2. The Bertz CT molecular complexity index is 1450. The van der Waals surface area contributed by atoms with E-state index in [1.54, 1.807) is 24.6 Å². The van der Waals surface area contributed by atoms with Gasteiger partial charge in [-0.15, -0.1) is 0 Å². The molecule has 4 N–H and O–H groups in total. The molecule has 0 aliphatic heterocycles. The second-order valence-corrected chi connectivity index (χ2v) is 9.88. The molecule has 0 saturated carbocycles. The van der Waals surface area contributed by atoms with Crippen LogP contribution in [0, 0.1) is 0 Å². The molecule has 0 bridgehead atoms. The predicted molar refractivity (Wildman–Crippen MR) is 148 cm³/mol. The van der Waals surface area contributed by atoms with Crippen LogP contribution in [-0.4, -0.2) is 64.0 Å². The summed E-state index contributed by atoms with van der Waals surface area (Å²) in [5, 5.41) is 18.2. The van der Waals surface area contributed by atoms with Crippen LogP contribution in [0.15, 0.2) is 42.7 Å². The number of anilines is 2. The molecule has 0 radical (unpaired) electrons. The number of aryl methyl sites for hydroxylation is 2. The lowest BCUT2D eigenvalue weighted by Gasteiger charge is -2.27. The number of aromatic amines is 1. The second kappa shape index (κ2) is 11.2. The highest BCUT2D eigenvalue weighted by Crippen LogP contribution is 2.34. The minimum atomic E-state index is -0.978. The number of methoxy groups -OCH3 is 2. The highest BCUT2D eigenvalue weighted by Gasteiger charge is 2.27. The van der Waals surface area contributed by atoms with E-state index in [9.17, 15) is 14.7 Å². The first-order chi connectivity index (χ1) is 18.1. The number of carbonyl (C=O) groups is 2. The minimum Gasteiger partial charge on any atom is -0.464 e. The maximum absolute atomic E-state index is 13.1. The van der Waals surface area contributed by atoms with Crippen molar-refractivity contribution in [2.24, 2.45) is 0 Å². The van der Waals surface area contributed by atoms with Crippen LogP contribution in [0.1, 0.15) is 43.2 Å². The van der Waals surface area contributed by atoms with E-state index < -0.39 is 11.6 Å². The molecule has 3 heterocycles. The molecule has 1 atom stereocenters. The molecule has 0 unspecified atom stereocenters. The van der Waals surface area contributed by atoms with E-state index in [0.29, 0.717) is 35.4 Å². The molecule has 10 nitrogen and oxygen atoms in total. The standard InChI is InChI=1S/C28H35N5O5/c1-17(28(2,3)36)31-19-14-21-24(32-23(34)11-13-37-4)25(27(35)38-5)33(26(21)30-16-19)12-10-18-15-29-22-9-7-6-8-20(18)22/h6-9,14-17,29,31,36H,10-13H2,1-5H3,(H,32,34)/t17-/m0/s1. The zero-order chi connectivity index (χ0) is 27.4. The fourth-order valence-electron chi connectivity index (χ4n) is 4.35. The Morgan fingerprint density at radius 1 is 1.21 bits per heavy atom. The first-order valence-corrected chi connectivity index (χ1v) is 12.6. The topological polar surface area (TPSA) is 130 Å². The third-order valence-corrected chi connectivity index (χ3v) is 6.80. The van der Waals surface area contributed by atoms with Crippen molar-refractivity contribution >= 4 is 45.2 Å². The number of pyridine rings is 1. The molecule has 0 aliphatic carbocycles. The van der Waals surface area contributed by atoms with Gasteiger partial charge in [0.05, 0.1) is 49.4 Å². The van der Waals surface area contributed by atoms with Gasteiger partial charge in [-0.2, -0.15) is 0 Å². The number of aliphatic hydroxyl groups is 1. The molecule has 38 heavy (non-hydrogen) atoms. The number of esters is 1. The fourth-order valence-corrected chi connectivity index (χ4v) is 4.35. The van der Waals surface area contributed by atoms with Gasteiger partial charge in [-0.25, -0.2) is 9.78 Å². The van der Waals surface area contributed by atoms with Crippen LogP contribution in [0.2, 0.25) is 0 Å². The average Bonchev–Trinajstić information content (AvgIpc) is 3.43. The third kappa shape index (κ3) is 5.66. The van der Waals surface area contributed by atoms with Gasteiger partial charge < -0.3 is 34.8 Å². The summed E-state index contributed by atoms with van der Waals surface area (Å²) in [6, 6.07) is 9.57. The maximum Gasteiger partial charge on any atom is 0.356 e. The molecule has 202 valence electrons. The quantitative estimate of drug-likeness (QED) is 0.219. The van der Waals surface area contributed by atoms with Crippen molar-refractivity contribution in [2.75, 3.05) is 31.5 Å². The van der Waals surface area contributed by atoms with Gasteiger partial charge in [0.15, 0.2) is 5.69 Å². The predicted octanol–water partition coefficient (Wildman–Crippen LogP) is 4.09. The van der Waals surface area contributed by atoms with Crippen molar-refractivity contribution in [3.8, 4) is 0 Å². The molecule has 0 fully saturated rings. The zero-order valence-electron chi connectivity index (χ0n) is 22.4. The maximum atomic E-state index is 13.1. The van der Waals surface area contributed by atoms with E-state index in [2.05, 4.69) is 26.7 Å². The van der Waals surface area contributed by atoms with Crippen molar-refractivity contribution in [1.82, 2.24) is 14.5 Å². The summed E-state index contributed by atoms with van der Waals surface area (Å²) in [4.78, 5) is 33.8. The minimum absolute atomic E-state index is 0.125. The number of ether oxygens (including phenoxy) is 2. The highest BCUT2D eigenvalue weighted by molar-refractivity contribution is 6.11. The molecule has 1 amide bonds. The molecular weight excluding hydrogens is 486 g/mol. The number of rotatable bonds is 11. The summed E-state index contributed by atoms with van der Waals surface area (Å²) in [5.74, 6) is -0.876. The monoisotopic (exact) mass is 521 g/mol. The molecule has 4 rings (SSSR count). The Morgan fingerprint density at radius 2 is 1.97 bits per heavy atom. The summed E-state index contributed by atoms with van der Waals surface area (Å²) in [6.45, 7) is 5.97. The lowest BCUT2D eigenvalue weighted by atomic mass is 10.0. The number of hydrogen-bond acceptors (Lipinski definition) is 7. The lowest BCUT2D eigenvalue weighted by Crippen LogP contribution is -2.39. The highest BCUT2D eigenvalue weighted by atomic mass is 16.5. The number of carbonyl (C=O) groups excluding carboxylic acids is 2. The molecular formula is C28H35N5O5. The average molecular weight is 522 g/mol. The van der Waals surface area contributed by atoms with Gasteiger partial charge in [-0.1, -0.05) is 18.2 Å². The molecule has 4 aromatic rings.